The fourth-order valence-corrected chi connectivity index (χ4v) is 2.56. The molecular weight excluding hydrogens is 280 g/mol. The van der Waals surface area contributed by atoms with Crippen LogP contribution in [0.1, 0.15) is 58.7 Å². The van der Waals surface area contributed by atoms with Gasteiger partial charge in [-0.05, 0) is 32.4 Å². The number of piperidine rings is 1. The molecule has 0 aromatic carbocycles. The van der Waals surface area contributed by atoms with E-state index in [1.54, 1.807) is 0 Å². The molecule has 0 bridgehead atoms. The van der Waals surface area contributed by atoms with E-state index in [0.29, 0.717) is 12.4 Å². The van der Waals surface area contributed by atoms with Crippen LogP contribution in [0.4, 0.5) is 0 Å². The molecular formula is C16H28N4O2. The molecule has 1 aromatic rings. The van der Waals surface area contributed by atoms with E-state index in [-0.39, 0.29) is 17.2 Å². The standard InChI is InChI=1S/C16H28N4O2/c1-5-8-17-14(21)12-6-9-20(10-7-12)11-13-18-15(19-22-13)16(2,3)4/h12H,5-11H2,1-4H3,(H,17,21). The lowest BCUT2D eigenvalue weighted by Crippen LogP contribution is -2.40. The molecule has 1 aliphatic rings. The molecule has 0 radical (unpaired) electrons. The van der Waals surface area contributed by atoms with E-state index in [1.165, 1.54) is 0 Å². The van der Waals surface area contributed by atoms with Gasteiger partial charge >= 0.3 is 0 Å². The van der Waals surface area contributed by atoms with E-state index >= 15 is 0 Å². The first kappa shape index (κ1) is 16.9. The number of nitrogens with zero attached hydrogens (tertiary/aromatic N) is 3. The largest absolute Gasteiger partial charge is 0.356 e. The maximum absolute atomic E-state index is 12.0. The summed E-state index contributed by atoms with van der Waals surface area (Å²) in [6, 6.07) is 0. The van der Waals surface area contributed by atoms with Gasteiger partial charge in [-0.25, -0.2) is 0 Å². The van der Waals surface area contributed by atoms with Gasteiger partial charge in [-0.1, -0.05) is 32.9 Å². The maximum atomic E-state index is 12.0. The van der Waals surface area contributed by atoms with Gasteiger partial charge in [0, 0.05) is 17.9 Å². The van der Waals surface area contributed by atoms with E-state index in [2.05, 4.69) is 48.1 Å². The van der Waals surface area contributed by atoms with E-state index < -0.39 is 0 Å². The number of likely N-dealkylation sites (tertiary alicyclic amines) is 1. The number of hydrogen-bond donors (Lipinski definition) is 1. The first-order valence-electron chi connectivity index (χ1n) is 8.23. The van der Waals surface area contributed by atoms with Crippen molar-refractivity contribution in [2.24, 2.45) is 5.92 Å². The lowest BCUT2D eigenvalue weighted by Gasteiger charge is -2.30. The van der Waals surface area contributed by atoms with Crippen LogP contribution in [0, 0.1) is 5.92 Å². The van der Waals surface area contributed by atoms with E-state index in [9.17, 15) is 4.79 Å². The molecule has 1 amide bonds. The fourth-order valence-electron chi connectivity index (χ4n) is 2.56. The molecule has 1 aromatic heterocycles. The van der Waals surface area contributed by atoms with Crippen molar-refractivity contribution >= 4 is 5.91 Å². The van der Waals surface area contributed by atoms with Crippen LogP contribution >= 0.6 is 0 Å². The maximum Gasteiger partial charge on any atom is 0.240 e. The highest BCUT2D eigenvalue weighted by Crippen LogP contribution is 2.21. The van der Waals surface area contributed by atoms with Crippen molar-refractivity contribution in [2.45, 2.75) is 58.9 Å². The summed E-state index contributed by atoms with van der Waals surface area (Å²) in [4.78, 5) is 18.7. The lowest BCUT2D eigenvalue weighted by atomic mass is 9.95. The summed E-state index contributed by atoms with van der Waals surface area (Å²) in [5.41, 5.74) is -0.0912. The third-order valence-electron chi connectivity index (χ3n) is 4.01. The molecule has 1 fully saturated rings. The van der Waals surface area contributed by atoms with Gasteiger partial charge in [0.1, 0.15) is 0 Å². The van der Waals surface area contributed by atoms with Crippen LogP contribution in [-0.2, 0) is 16.8 Å². The number of aromatic nitrogens is 2. The highest BCUT2D eigenvalue weighted by atomic mass is 16.5. The van der Waals surface area contributed by atoms with Crippen molar-refractivity contribution in [3.05, 3.63) is 11.7 Å². The second-order valence-electron chi connectivity index (χ2n) is 7.10. The Morgan fingerprint density at radius 1 is 1.36 bits per heavy atom. The highest BCUT2D eigenvalue weighted by Gasteiger charge is 2.26. The highest BCUT2D eigenvalue weighted by molar-refractivity contribution is 5.78. The van der Waals surface area contributed by atoms with Crippen LogP contribution in [0.2, 0.25) is 0 Å². The molecule has 0 saturated carbocycles. The van der Waals surface area contributed by atoms with Crippen molar-refractivity contribution in [1.82, 2.24) is 20.4 Å². The summed E-state index contributed by atoms with van der Waals surface area (Å²) in [6.07, 6.45) is 2.78. The van der Waals surface area contributed by atoms with Crippen LogP contribution in [0.15, 0.2) is 4.52 Å². The average Bonchev–Trinajstić information content (AvgIpc) is 2.94. The average molecular weight is 308 g/mol. The molecule has 2 heterocycles. The fraction of sp³-hybridized carbons (Fsp3) is 0.812. The van der Waals surface area contributed by atoms with Crippen LogP contribution in [0.5, 0.6) is 0 Å². The summed E-state index contributed by atoms with van der Waals surface area (Å²) in [6.45, 7) is 11.5. The third-order valence-corrected chi connectivity index (χ3v) is 4.01. The number of carbonyl (C=O) groups is 1. The Morgan fingerprint density at radius 2 is 2.05 bits per heavy atom. The lowest BCUT2D eigenvalue weighted by molar-refractivity contribution is -0.126. The van der Waals surface area contributed by atoms with Crippen molar-refractivity contribution in [2.75, 3.05) is 19.6 Å². The Hall–Kier alpha value is -1.43. The monoisotopic (exact) mass is 308 g/mol. The molecule has 6 heteroatoms. The zero-order chi connectivity index (χ0) is 16.2. The second-order valence-corrected chi connectivity index (χ2v) is 7.10. The zero-order valence-electron chi connectivity index (χ0n) is 14.2. The summed E-state index contributed by atoms with van der Waals surface area (Å²) in [7, 11) is 0. The molecule has 0 spiro atoms. The summed E-state index contributed by atoms with van der Waals surface area (Å²) in [5, 5.41) is 7.04. The number of rotatable bonds is 5. The van der Waals surface area contributed by atoms with Gasteiger partial charge in [-0.3, -0.25) is 9.69 Å². The normalized spacial score (nSPS) is 17.6. The third kappa shape index (κ3) is 4.53. The second kappa shape index (κ2) is 7.22. The molecule has 1 saturated heterocycles. The predicted molar refractivity (Wildman–Crippen MR) is 84.3 cm³/mol. The molecule has 2 rings (SSSR count). The van der Waals surface area contributed by atoms with Gasteiger partial charge in [-0.15, -0.1) is 0 Å². The Bertz CT molecular complexity index is 485. The molecule has 0 atom stereocenters. The molecule has 124 valence electrons. The van der Waals surface area contributed by atoms with Crippen molar-refractivity contribution in [3.63, 3.8) is 0 Å². The smallest absolute Gasteiger partial charge is 0.240 e. The predicted octanol–water partition coefficient (Wildman–Crippen LogP) is 2.11. The van der Waals surface area contributed by atoms with E-state index in [1.807, 2.05) is 0 Å². The Balaban J connectivity index is 1.80. The zero-order valence-corrected chi connectivity index (χ0v) is 14.2. The van der Waals surface area contributed by atoms with Crippen molar-refractivity contribution in [3.8, 4) is 0 Å². The molecule has 1 N–H and O–H groups in total. The van der Waals surface area contributed by atoms with Gasteiger partial charge in [-0.2, -0.15) is 4.98 Å². The summed E-state index contributed by atoms with van der Waals surface area (Å²) >= 11 is 0. The number of carbonyl (C=O) groups excluding carboxylic acids is 1. The molecule has 22 heavy (non-hydrogen) atoms. The number of amides is 1. The minimum absolute atomic E-state index is 0.0912. The van der Waals surface area contributed by atoms with Crippen LogP contribution in [0.25, 0.3) is 0 Å². The summed E-state index contributed by atoms with van der Waals surface area (Å²) < 4.78 is 5.34. The molecule has 0 unspecified atom stereocenters. The van der Waals surface area contributed by atoms with E-state index in [4.69, 9.17) is 4.52 Å². The van der Waals surface area contributed by atoms with Crippen molar-refractivity contribution in [1.29, 1.82) is 0 Å². The minimum Gasteiger partial charge on any atom is -0.356 e. The minimum atomic E-state index is -0.0912. The van der Waals surface area contributed by atoms with Crippen LogP contribution in [-0.4, -0.2) is 40.6 Å². The SMILES string of the molecule is CCCNC(=O)C1CCN(Cc2nc(C(C)(C)C)no2)CC1. The first-order valence-corrected chi connectivity index (χ1v) is 8.23. The topological polar surface area (TPSA) is 71.3 Å². The number of nitrogens with one attached hydrogen (secondary N) is 1. The van der Waals surface area contributed by atoms with E-state index in [0.717, 1.165) is 44.7 Å². The van der Waals surface area contributed by atoms with Crippen LogP contribution < -0.4 is 5.32 Å². The van der Waals surface area contributed by atoms with Crippen LogP contribution in [0.3, 0.4) is 0 Å². The quantitative estimate of drug-likeness (QED) is 0.902. The summed E-state index contributed by atoms with van der Waals surface area (Å²) in [5.74, 6) is 1.76. The molecule has 0 aliphatic carbocycles. The van der Waals surface area contributed by atoms with Crippen molar-refractivity contribution < 1.29 is 9.32 Å². The van der Waals surface area contributed by atoms with Gasteiger partial charge < -0.3 is 9.84 Å². The molecule has 1 aliphatic heterocycles. The first-order chi connectivity index (χ1) is 10.4. The Labute approximate surface area is 132 Å². The molecule has 6 nitrogen and oxygen atoms in total. The van der Waals surface area contributed by atoms with Gasteiger partial charge in [0.15, 0.2) is 5.82 Å². The van der Waals surface area contributed by atoms with Gasteiger partial charge in [0.25, 0.3) is 0 Å². The Morgan fingerprint density at radius 3 is 2.59 bits per heavy atom. The number of hydrogen-bond acceptors (Lipinski definition) is 5. The van der Waals surface area contributed by atoms with Gasteiger partial charge in [0.2, 0.25) is 11.8 Å². The Kier molecular flexibility index (Phi) is 5.56. The van der Waals surface area contributed by atoms with Gasteiger partial charge in [0.05, 0.1) is 6.54 Å².